The standard InChI is InChI=1S/C72H122O49/c1-13-25(73)37(85)42(90)62(100-13)111-51-31(79)19(7)101-63(44(51)92)112-52-32(80)20(8)102-64(45(52)93)113-53-33(81)22(10)105-67(47(53)95)120-59-40(88)28(76)17(5)110-72(59)121-60-41(89)29(77)16(4)109-71(60)117-55-35(83)23(11)103-65(48(55)96)114-54-34(82)21(9)104-66(46(54)94)119-58-39(87)27(75)15(3)108-70(58)116-56-36(84)24(12)106-68(49(56)97)118-57-38(86)26(74)14(2)107-69(57)115-50-30(78)18(6)99-61(98)43(50)91/h13-98H,1-12H3/t13-,14-,15-,16-,17-,18-,19-,20-,21-,22-,23-,24-,25-,26-,27-,28-,29-,30-,31-,32-,33-,34-,35-,36-,37+,38+,39+,40+,41+,42+,43+,44+,45+,46+,47+,48+,49+,50+,51+,52+,53+,54+,55+,56+,57+,58+,59+,60+,61+,62-,63-,64-,65-,66-,67-,68-,69-,70-,71-,72-/m0/s1. The number of aliphatic hydroxyl groups is 26. The van der Waals surface area contributed by atoms with Crippen LogP contribution in [0.1, 0.15) is 83.1 Å². The largest absolute Gasteiger partial charge is 0.388 e. The summed E-state index contributed by atoms with van der Waals surface area (Å²) >= 11 is 0. The van der Waals surface area contributed by atoms with Crippen molar-refractivity contribution in [1.29, 1.82) is 0 Å². The summed E-state index contributed by atoms with van der Waals surface area (Å²) in [5.74, 6) is 0. The molecule has 0 saturated carbocycles. The summed E-state index contributed by atoms with van der Waals surface area (Å²) in [5, 5.41) is 296. The van der Waals surface area contributed by atoms with Gasteiger partial charge in [-0.2, -0.15) is 0 Å². The van der Waals surface area contributed by atoms with Crippen molar-refractivity contribution in [3.63, 3.8) is 0 Å². The van der Waals surface area contributed by atoms with Gasteiger partial charge in [0.2, 0.25) is 0 Å². The van der Waals surface area contributed by atoms with E-state index in [2.05, 4.69) is 0 Å². The van der Waals surface area contributed by atoms with Gasteiger partial charge in [-0.3, -0.25) is 0 Å². The summed E-state index contributed by atoms with van der Waals surface area (Å²) in [4.78, 5) is 0. The van der Waals surface area contributed by atoms with E-state index in [0.29, 0.717) is 0 Å². The molecule has 12 saturated heterocycles. The predicted molar refractivity (Wildman–Crippen MR) is 378 cm³/mol. The molecular formula is C72H122O49. The Kier molecular flexibility index (Phi) is 32.4. The fourth-order valence-electron chi connectivity index (χ4n) is 16.7. The van der Waals surface area contributed by atoms with E-state index in [1.54, 1.807) is 0 Å². The van der Waals surface area contributed by atoms with Gasteiger partial charge in [-0.1, -0.05) is 0 Å². The third-order valence-corrected chi connectivity index (χ3v) is 24.6. The quantitative estimate of drug-likeness (QED) is 0.0479. The van der Waals surface area contributed by atoms with Gasteiger partial charge >= 0.3 is 0 Å². The zero-order chi connectivity index (χ0) is 88.9. The molecule has 0 aromatic heterocycles. The number of ether oxygens (including phenoxy) is 23. The van der Waals surface area contributed by atoms with Crippen LogP contribution < -0.4 is 0 Å². The minimum Gasteiger partial charge on any atom is -0.388 e. The van der Waals surface area contributed by atoms with Gasteiger partial charge in [0.15, 0.2) is 75.5 Å². The Morgan fingerprint density at radius 3 is 0.455 bits per heavy atom. The Morgan fingerprint density at radius 1 is 0.116 bits per heavy atom. The van der Waals surface area contributed by atoms with Crippen LogP contribution in [0.2, 0.25) is 0 Å². The molecule has 12 aliphatic heterocycles. The molecule has 12 heterocycles. The van der Waals surface area contributed by atoms with Crippen LogP contribution in [0.15, 0.2) is 0 Å². The number of hydrogen-bond donors (Lipinski definition) is 26. The first-order valence-electron chi connectivity index (χ1n) is 40.5. The molecule has 12 aliphatic rings. The molecule has 704 valence electrons. The Balaban J connectivity index is 0.712. The molecule has 0 aromatic carbocycles. The monoisotopic (exact) mass is 1770 g/mol. The maximum absolute atomic E-state index is 12.2. The normalized spacial score (nSPS) is 58.0. The van der Waals surface area contributed by atoms with Crippen LogP contribution >= 0.6 is 0 Å². The van der Waals surface area contributed by atoms with Gasteiger partial charge in [0.05, 0.1) is 73.2 Å². The summed E-state index contributed by atoms with van der Waals surface area (Å²) in [5.41, 5.74) is 0. The number of aliphatic hydroxyl groups excluding tert-OH is 26. The summed E-state index contributed by atoms with van der Waals surface area (Å²) in [6.45, 7) is 15.8. The molecule has 49 nitrogen and oxygen atoms in total. The average Bonchev–Trinajstić information content (AvgIpc) is 0.771. The van der Waals surface area contributed by atoms with E-state index in [1.807, 2.05) is 0 Å². The second kappa shape index (κ2) is 40.0. The molecule has 12 rings (SSSR count). The lowest BCUT2D eigenvalue weighted by molar-refractivity contribution is -0.410. The van der Waals surface area contributed by atoms with E-state index in [0.717, 1.165) is 0 Å². The Morgan fingerprint density at radius 2 is 0.248 bits per heavy atom. The highest BCUT2D eigenvalue weighted by Gasteiger charge is 2.62. The van der Waals surface area contributed by atoms with Crippen LogP contribution in [-0.2, 0) is 109 Å². The lowest BCUT2D eigenvalue weighted by Gasteiger charge is -2.50. The molecule has 0 aromatic rings. The molecule has 26 N–H and O–H groups in total. The second-order valence-corrected chi connectivity index (χ2v) is 33.4. The Hall–Kier alpha value is -1.96. The van der Waals surface area contributed by atoms with Crippen molar-refractivity contribution in [3.8, 4) is 0 Å². The minimum atomic E-state index is -2.22. The third-order valence-electron chi connectivity index (χ3n) is 24.6. The molecule has 12 fully saturated rings. The van der Waals surface area contributed by atoms with Gasteiger partial charge in [-0.15, -0.1) is 0 Å². The maximum Gasteiger partial charge on any atom is 0.187 e. The average molecular weight is 1770 g/mol. The van der Waals surface area contributed by atoms with Crippen LogP contribution in [0.5, 0.6) is 0 Å². The molecule has 0 spiro atoms. The van der Waals surface area contributed by atoms with Gasteiger partial charge in [-0.25, -0.2) is 0 Å². The first kappa shape index (κ1) is 98.1. The van der Waals surface area contributed by atoms with Crippen molar-refractivity contribution in [2.45, 2.75) is 452 Å². The van der Waals surface area contributed by atoms with E-state index in [1.165, 1.54) is 83.1 Å². The molecule has 121 heavy (non-hydrogen) atoms. The second-order valence-electron chi connectivity index (χ2n) is 33.4. The molecule has 0 amide bonds. The van der Waals surface area contributed by atoms with E-state index in [-0.39, 0.29) is 0 Å². The van der Waals surface area contributed by atoms with Crippen molar-refractivity contribution in [2.75, 3.05) is 0 Å². The van der Waals surface area contributed by atoms with Crippen LogP contribution in [0.4, 0.5) is 0 Å². The van der Waals surface area contributed by atoms with E-state index in [9.17, 15) is 133 Å². The molecule has 0 aliphatic carbocycles. The van der Waals surface area contributed by atoms with Crippen molar-refractivity contribution >= 4 is 0 Å². The molecular weight excluding hydrogens is 1650 g/mol. The Bertz CT molecular complexity index is 3220. The van der Waals surface area contributed by atoms with Crippen LogP contribution in [0, 0.1) is 0 Å². The number of rotatable bonds is 22. The van der Waals surface area contributed by atoms with Gasteiger partial charge in [0.25, 0.3) is 0 Å². The zero-order valence-corrected chi connectivity index (χ0v) is 67.7. The summed E-state index contributed by atoms with van der Waals surface area (Å²) in [6.07, 6.45) is -108. The predicted octanol–water partition coefficient (Wildman–Crippen LogP) is -14.8. The summed E-state index contributed by atoms with van der Waals surface area (Å²) in [6, 6.07) is 0. The fraction of sp³-hybridized carbons (Fsp3) is 1.00. The SMILES string of the molecule is C[C@@H]1O[C@@H](O[C@@H]2[C@@H](O)[C@H](C)O[C@@H](O[C@@H]3[C@@H](O)[C@H](C)O[C@@H](O[C@@H]4[C@@H](O)[C@H](C)O[C@@H](O[C@H]5[C@H](O[C@H]6[C@H](O[C@@H]7[C@@H](O)[C@H](C)O[C@@H](O[C@@H]8[C@@H](O)[C@H](C)O[C@@H](O[C@H]9[C@H](O[C@@H]%10[C@@H](O)[C@H](C)O[C@@H](O[C@H]%11[C@H](O[C@@H]%12[C@@H](O)[C@H](C)O[C@@H](O)[C@@H]%12O)O[C@@H](C)[C@H](O)[C@H]%11O)[C@@H]%10O)O[C@@H](C)[C@H](O)[C@H]9O)[C@@H]8O)[C@@H]7O)O[C@@H](C)[C@H](O)[C@H]6O)O[C@@H](C)[C@H](O)[C@H]5O)[C@@H]4O)[C@@H]3O)[C@@H]2O)[C@H](O)[C@H](O)[C@H]1O. The van der Waals surface area contributed by atoms with Crippen LogP contribution in [-0.4, -0.2) is 501 Å². The van der Waals surface area contributed by atoms with Crippen LogP contribution in [0.25, 0.3) is 0 Å². The molecule has 49 heteroatoms. The van der Waals surface area contributed by atoms with Crippen molar-refractivity contribution in [3.05, 3.63) is 0 Å². The van der Waals surface area contributed by atoms with E-state index >= 15 is 0 Å². The van der Waals surface area contributed by atoms with Gasteiger partial charge in [0, 0.05) is 0 Å². The maximum atomic E-state index is 12.2. The minimum absolute atomic E-state index is 1.10. The topological polar surface area (TPSA) is 738 Å². The first-order valence-corrected chi connectivity index (χ1v) is 40.5. The van der Waals surface area contributed by atoms with Crippen LogP contribution in [0.3, 0.4) is 0 Å². The van der Waals surface area contributed by atoms with Gasteiger partial charge in [0.1, 0.15) is 220 Å². The molecule has 0 unspecified atom stereocenters. The first-order chi connectivity index (χ1) is 56.7. The Labute approximate surface area is 691 Å². The molecule has 0 radical (unpaired) electrons. The number of hydrogen-bond acceptors (Lipinski definition) is 49. The van der Waals surface area contributed by atoms with Crippen molar-refractivity contribution in [1.82, 2.24) is 0 Å². The summed E-state index contributed by atoms with van der Waals surface area (Å²) in [7, 11) is 0. The highest BCUT2D eigenvalue weighted by atomic mass is 16.8. The lowest BCUT2D eigenvalue weighted by atomic mass is 9.95. The van der Waals surface area contributed by atoms with E-state index < -0.39 is 368 Å². The van der Waals surface area contributed by atoms with Gasteiger partial charge < -0.3 is 242 Å². The highest BCUT2D eigenvalue weighted by Crippen LogP contribution is 2.43. The lowest BCUT2D eigenvalue weighted by Crippen LogP contribution is -2.68. The van der Waals surface area contributed by atoms with E-state index in [4.69, 9.17) is 109 Å². The van der Waals surface area contributed by atoms with Gasteiger partial charge in [-0.05, 0) is 83.1 Å². The highest BCUT2D eigenvalue weighted by molar-refractivity contribution is 5.04. The smallest absolute Gasteiger partial charge is 0.187 e. The molecule has 60 atom stereocenters. The van der Waals surface area contributed by atoms with Crippen molar-refractivity contribution < 1.29 is 242 Å². The fourth-order valence-corrected chi connectivity index (χ4v) is 16.7. The van der Waals surface area contributed by atoms with Crippen molar-refractivity contribution in [2.24, 2.45) is 0 Å². The zero-order valence-electron chi connectivity index (χ0n) is 67.7. The molecule has 0 bridgehead atoms. The summed E-state index contributed by atoms with van der Waals surface area (Å²) < 4.78 is 136. The third kappa shape index (κ3) is 20.0.